The molecule has 118 valence electrons. The average Bonchev–Trinajstić information content (AvgIpc) is 2.56. The highest BCUT2D eigenvalue weighted by Crippen LogP contribution is 2.55. The highest BCUT2D eigenvalue weighted by atomic mass is 16.5. The number of allylic oxidation sites excluding steroid dienone is 2. The topological polar surface area (TPSA) is 26.3 Å². The first-order valence-corrected chi connectivity index (χ1v) is 8.30. The van der Waals surface area contributed by atoms with Crippen LogP contribution in [0.15, 0.2) is 11.5 Å². The molecule has 0 spiro atoms. The van der Waals surface area contributed by atoms with Gasteiger partial charge in [0, 0.05) is 0 Å². The van der Waals surface area contributed by atoms with Crippen LogP contribution in [0.3, 0.4) is 0 Å². The molecular weight excluding hydrogens is 259 g/mol. The Bertz CT molecular complexity index is 444. The number of methoxy groups -OCH3 is 1. The third-order valence-electron chi connectivity index (χ3n) is 6.53. The second-order valence-electron chi connectivity index (χ2n) is 9.03. The molecule has 2 aliphatic rings. The predicted octanol–water partition coefficient (Wildman–Crippen LogP) is 4.62. The quantitative estimate of drug-likeness (QED) is 0.548. The van der Waals surface area contributed by atoms with Gasteiger partial charge >= 0.3 is 5.97 Å². The Morgan fingerprint density at radius 2 is 1.67 bits per heavy atom. The second kappa shape index (κ2) is 5.17. The summed E-state index contributed by atoms with van der Waals surface area (Å²) >= 11 is 0. The van der Waals surface area contributed by atoms with Crippen LogP contribution in [0, 0.1) is 22.2 Å². The van der Waals surface area contributed by atoms with Crippen molar-refractivity contribution in [2.45, 2.75) is 67.0 Å². The van der Waals surface area contributed by atoms with Crippen LogP contribution < -0.4 is 0 Å². The molecule has 21 heavy (non-hydrogen) atoms. The minimum Gasteiger partial charge on any atom is -0.469 e. The maximum absolute atomic E-state index is 12.0. The normalized spacial score (nSPS) is 30.0. The first-order chi connectivity index (χ1) is 9.50. The predicted molar refractivity (Wildman–Crippen MR) is 89.5 cm³/mol. The van der Waals surface area contributed by atoms with Gasteiger partial charge in [-0.25, -0.2) is 0 Å². The molecule has 3 heteroatoms. The van der Waals surface area contributed by atoms with E-state index >= 15 is 0 Å². The van der Waals surface area contributed by atoms with E-state index in [1.807, 2.05) is 0 Å². The molecule has 1 heterocycles. The number of esters is 1. The van der Waals surface area contributed by atoms with Crippen LogP contribution in [0.5, 0.6) is 0 Å². The van der Waals surface area contributed by atoms with Crippen LogP contribution in [-0.2, 0) is 9.53 Å². The maximum Gasteiger partial charge on any atom is 0.309 e. The molecule has 0 amide bonds. The third kappa shape index (κ3) is 2.93. The van der Waals surface area contributed by atoms with Crippen LogP contribution >= 0.6 is 0 Å². The van der Waals surface area contributed by atoms with Gasteiger partial charge in [-0.05, 0) is 29.1 Å². The zero-order valence-corrected chi connectivity index (χ0v) is 14.9. The van der Waals surface area contributed by atoms with Gasteiger partial charge in [0.2, 0.25) is 0 Å². The van der Waals surface area contributed by atoms with Gasteiger partial charge in [-0.2, -0.15) is 0 Å². The molecule has 1 atom stereocenters. The van der Waals surface area contributed by atoms with E-state index in [2.05, 4.69) is 47.6 Å². The summed E-state index contributed by atoms with van der Waals surface area (Å²) in [4.78, 5) is 12.0. The summed E-state index contributed by atoms with van der Waals surface area (Å²) in [6.07, 6.45) is 6.92. The first kappa shape index (κ1) is 16.6. The smallest absolute Gasteiger partial charge is 0.309 e. The van der Waals surface area contributed by atoms with Crippen LogP contribution in [0.1, 0.15) is 54.4 Å². The van der Waals surface area contributed by atoms with Gasteiger partial charge in [0.05, 0.1) is 13.0 Å². The molecule has 1 unspecified atom stereocenters. The third-order valence-corrected chi connectivity index (χ3v) is 6.53. The van der Waals surface area contributed by atoms with Crippen molar-refractivity contribution >= 4 is 12.7 Å². The lowest BCUT2D eigenvalue weighted by atomic mass is 9.39. The fourth-order valence-electron chi connectivity index (χ4n) is 4.34. The average molecular weight is 290 g/mol. The molecule has 0 saturated carbocycles. The summed E-state index contributed by atoms with van der Waals surface area (Å²) in [5.41, 5.74) is 2.28. The highest BCUT2D eigenvalue weighted by molar-refractivity contribution is 6.68. The number of carbonyl (C=O) groups is 1. The van der Waals surface area contributed by atoms with Crippen molar-refractivity contribution in [1.82, 2.24) is 0 Å². The largest absolute Gasteiger partial charge is 0.469 e. The van der Waals surface area contributed by atoms with Crippen molar-refractivity contribution in [3.63, 3.8) is 0 Å². The molecule has 0 aromatic heterocycles. The van der Waals surface area contributed by atoms with Gasteiger partial charge in [-0.3, -0.25) is 4.79 Å². The maximum atomic E-state index is 12.0. The summed E-state index contributed by atoms with van der Waals surface area (Å²) in [7, 11) is 1.50. The Morgan fingerprint density at radius 1 is 1.14 bits per heavy atom. The van der Waals surface area contributed by atoms with Crippen molar-refractivity contribution in [2.75, 3.05) is 7.11 Å². The number of hydrogen-bond acceptors (Lipinski definition) is 2. The molecule has 0 radical (unpaired) electrons. The monoisotopic (exact) mass is 290 g/mol. The van der Waals surface area contributed by atoms with Crippen molar-refractivity contribution in [2.24, 2.45) is 22.2 Å². The highest BCUT2D eigenvalue weighted by Gasteiger charge is 2.50. The minimum absolute atomic E-state index is 0.00803. The Morgan fingerprint density at radius 3 is 2.10 bits per heavy atom. The zero-order chi connectivity index (χ0) is 16.1. The zero-order valence-electron chi connectivity index (χ0n) is 14.9. The SMILES string of the molecule is COC(=O)C1CCC(B2CC(C)(C)C(C)(C)C2)=CC1(C)C. The fraction of sp³-hybridized carbons (Fsp3) is 0.833. The molecule has 1 saturated heterocycles. The summed E-state index contributed by atoms with van der Waals surface area (Å²) in [5.74, 6) is -0.0453. The van der Waals surface area contributed by atoms with Gasteiger partial charge in [0.15, 0.2) is 6.71 Å². The van der Waals surface area contributed by atoms with Gasteiger partial charge in [0.25, 0.3) is 0 Å². The summed E-state index contributed by atoms with van der Waals surface area (Å²) in [5, 5.41) is 0. The van der Waals surface area contributed by atoms with E-state index < -0.39 is 0 Å². The Kier molecular flexibility index (Phi) is 4.10. The van der Waals surface area contributed by atoms with Crippen LogP contribution in [0.4, 0.5) is 0 Å². The number of carbonyl (C=O) groups excluding carboxylic acids is 1. The molecule has 0 aromatic carbocycles. The molecule has 2 rings (SSSR count). The molecule has 0 aromatic rings. The van der Waals surface area contributed by atoms with Crippen molar-refractivity contribution in [3.8, 4) is 0 Å². The standard InChI is InChI=1S/C18H31BO2/c1-16(2)10-13(8-9-14(16)15(20)21-7)19-11-17(3,4)18(5,6)12-19/h10,14H,8-9,11-12H2,1-7H3. The number of rotatable bonds is 2. The van der Waals surface area contributed by atoms with E-state index in [4.69, 9.17) is 4.74 Å². The molecule has 0 bridgehead atoms. The van der Waals surface area contributed by atoms with Crippen molar-refractivity contribution in [3.05, 3.63) is 11.5 Å². The molecule has 1 fully saturated rings. The van der Waals surface area contributed by atoms with E-state index in [1.54, 1.807) is 5.47 Å². The lowest BCUT2D eigenvalue weighted by molar-refractivity contribution is -0.149. The molecular formula is C18H31BO2. The lowest BCUT2D eigenvalue weighted by Crippen LogP contribution is -2.35. The second-order valence-corrected chi connectivity index (χ2v) is 9.03. The Hall–Kier alpha value is -0.725. The van der Waals surface area contributed by atoms with Gasteiger partial charge < -0.3 is 4.74 Å². The summed E-state index contributed by atoms with van der Waals surface area (Å²) in [6.45, 7) is 14.7. The molecule has 0 N–H and O–H groups in total. The number of hydrogen-bond donors (Lipinski definition) is 0. The van der Waals surface area contributed by atoms with Gasteiger partial charge in [-0.1, -0.05) is 60.3 Å². The fourth-order valence-corrected chi connectivity index (χ4v) is 4.34. The van der Waals surface area contributed by atoms with Crippen LogP contribution in [-0.4, -0.2) is 19.8 Å². The summed E-state index contributed by atoms with van der Waals surface area (Å²) in [6, 6.07) is 0. The summed E-state index contributed by atoms with van der Waals surface area (Å²) < 4.78 is 4.98. The minimum atomic E-state index is -0.0858. The van der Waals surface area contributed by atoms with E-state index in [-0.39, 0.29) is 17.3 Å². The Balaban J connectivity index is 2.21. The molecule has 2 nitrogen and oxygen atoms in total. The molecule has 1 aliphatic carbocycles. The first-order valence-electron chi connectivity index (χ1n) is 8.30. The lowest BCUT2D eigenvalue weighted by Gasteiger charge is -2.36. The van der Waals surface area contributed by atoms with E-state index in [0.717, 1.165) is 12.8 Å². The van der Waals surface area contributed by atoms with E-state index in [0.29, 0.717) is 17.5 Å². The van der Waals surface area contributed by atoms with Crippen LogP contribution in [0.25, 0.3) is 0 Å². The number of ether oxygens (including phenoxy) is 1. The van der Waals surface area contributed by atoms with Crippen molar-refractivity contribution in [1.29, 1.82) is 0 Å². The van der Waals surface area contributed by atoms with Crippen molar-refractivity contribution < 1.29 is 9.53 Å². The van der Waals surface area contributed by atoms with Gasteiger partial charge in [-0.15, -0.1) is 5.47 Å². The van der Waals surface area contributed by atoms with E-state index in [1.165, 1.54) is 19.8 Å². The Labute approximate surface area is 130 Å². The van der Waals surface area contributed by atoms with Crippen LogP contribution in [0.2, 0.25) is 12.6 Å². The van der Waals surface area contributed by atoms with E-state index in [9.17, 15) is 4.79 Å². The molecule has 1 aliphatic heterocycles. The van der Waals surface area contributed by atoms with Gasteiger partial charge in [0.1, 0.15) is 0 Å².